The molecule has 2 atom stereocenters. The maximum absolute atomic E-state index is 12.3. The number of carbonyl (C=O) groups is 1. The van der Waals surface area contributed by atoms with Gasteiger partial charge in [0.05, 0.1) is 11.7 Å². The molecule has 0 N–H and O–H groups in total. The van der Waals surface area contributed by atoms with Crippen molar-refractivity contribution in [2.75, 3.05) is 13.3 Å². The molecule has 4 nitrogen and oxygen atoms in total. The Kier molecular flexibility index (Phi) is 6.08. The summed E-state index contributed by atoms with van der Waals surface area (Å²) in [6.07, 6.45) is 1.20. The lowest BCUT2D eigenvalue weighted by Crippen LogP contribution is -2.45. The molecule has 0 radical (unpaired) electrons. The van der Waals surface area contributed by atoms with E-state index < -0.39 is 21.1 Å². The van der Waals surface area contributed by atoms with Crippen LogP contribution < -0.4 is 0 Å². The van der Waals surface area contributed by atoms with Crippen molar-refractivity contribution in [1.82, 2.24) is 4.90 Å². The zero-order valence-corrected chi connectivity index (χ0v) is 14.8. The van der Waals surface area contributed by atoms with Crippen LogP contribution in [0.15, 0.2) is 18.2 Å². The van der Waals surface area contributed by atoms with Crippen molar-refractivity contribution < 1.29 is 13.2 Å². The van der Waals surface area contributed by atoms with E-state index in [1.165, 1.54) is 4.90 Å². The Labute approximate surface area is 136 Å². The van der Waals surface area contributed by atoms with Gasteiger partial charge in [0.25, 0.3) is 0 Å². The molecule has 0 heterocycles. The molecule has 0 saturated carbocycles. The predicted molar refractivity (Wildman–Crippen MR) is 86.7 cm³/mol. The quantitative estimate of drug-likeness (QED) is 0.819. The van der Waals surface area contributed by atoms with Crippen LogP contribution >= 0.6 is 23.2 Å². The molecule has 1 amide bonds. The maximum Gasteiger partial charge on any atom is 0.227 e. The van der Waals surface area contributed by atoms with E-state index in [2.05, 4.69) is 0 Å². The highest BCUT2D eigenvalue weighted by molar-refractivity contribution is 7.91. The van der Waals surface area contributed by atoms with E-state index in [4.69, 9.17) is 23.2 Å². The highest BCUT2D eigenvalue weighted by atomic mass is 35.5. The number of carbonyl (C=O) groups excluding carboxylic acids is 1. The van der Waals surface area contributed by atoms with Gasteiger partial charge in [-0.15, -0.1) is 0 Å². The fraction of sp³-hybridized carbons (Fsp3) is 0.500. The van der Waals surface area contributed by atoms with Crippen LogP contribution in [0.2, 0.25) is 10.0 Å². The number of likely N-dealkylation sites (N-methyl/N-ethyl adjacent to an activating group) is 1. The summed E-state index contributed by atoms with van der Waals surface area (Å²) >= 11 is 12.1. The van der Waals surface area contributed by atoms with Gasteiger partial charge in [-0.05, 0) is 31.5 Å². The van der Waals surface area contributed by atoms with E-state index in [9.17, 15) is 13.2 Å². The van der Waals surface area contributed by atoms with E-state index in [-0.39, 0.29) is 12.3 Å². The Morgan fingerprint density at radius 3 is 2.14 bits per heavy atom. The van der Waals surface area contributed by atoms with Crippen LogP contribution in [0.5, 0.6) is 0 Å². The molecule has 7 heteroatoms. The molecular formula is C14H19Cl2NO3S. The first-order chi connectivity index (χ1) is 9.55. The Morgan fingerprint density at radius 2 is 1.71 bits per heavy atom. The summed E-state index contributed by atoms with van der Waals surface area (Å²) in [6, 6.07) is 4.60. The van der Waals surface area contributed by atoms with Crippen LogP contribution in [0.25, 0.3) is 0 Å². The molecule has 0 bridgehead atoms. The summed E-state index contributed by atoms with van der Waals surface area (Å²) in [5.74, 6) is -0.229. The van der Waals surface area contributed by atoms with Crippen LogP contribution in [0.1, 0.15) is 19.4 Å². The van der Waals surface area contributed by atoms with E-state index in [1.54, 1.807) is 39.1 Å². The highest BCUT2D eigenvalue weighted by Gasteiger charge is 2.28. The molecule has 21 heavy (non-hydrogen) atoms. The van der Waals surface area contributed by atoms with Gasteiger partial charge in [0, 0.05) is 29.4 Å². The Morgan fingerprint density at radius 1 is 1.24 bits per heavy atom. The summed E-state index contributed by atoms with van der Waals surface area (Å²) < 4.78 is 23.2. The fourth-order valence-corrected chi connectivity index (χ4v) is 3.31. The van der Waals surface area contributed by atoms with Crippen molar-refractivity contribution in [3.05, 3.63) is 33.8 Å². The molecule has 0 aromatic heterocycles. The molecule has 0 aliphatic carbocycles. The van der Waals surface area contributed by atoms with Crippen LogP contribution in [-0.2, 0) is 21.1 Å². The van der Waals surface area contributed by atoms with E-state index in [0.29, 0.717) is 15.6 Å². The zero-order valence-electron chi connectivity index (χ0n) is 12.4. The van der Waals surface area contributed by atoms with Crippen molar-refractivity contribution in [3.8, 4) is 0 Å². The molecule has 1 aromatic rings. The number of hydrogen-bond donors (Lipinski definition) is 0. The smallest absolute Gasteiger partial charge is 0.227 e. The molecule has 0 aliphatic heterocycles. The number of rotatable bonds is 5. The monoisotopic (exact) mass is 351 g/mol. The number of benzene rings is 1. The fourth-order valence-electron chi connectivity index (χ4n) is 1.88. The van der Waals surface area contributed by atoms with Crippen LogP contribution in [0.4, 0.5) is 0 Å². The molecule has 1 rings (SSSR count). The Bertz CT molecular complexity index is 611. The highest BCUT2D eigenvalue weighted by Crippen LogP contribution is 2.25. The molecule has 2 unspecified atom stereocenters. The molecular weight excluding hydrogens is 333 g/mol. The van der Waals surface area contributed by atoms with Gasteiger partial charge in [-0.2, -0.15) is 0 Å². The largest absolute Gasteiger partial charge is 0.341 e. The lowest BCUT2D eigenvalue weighted by molar-refractivity contribution is -0.130. The van der Waals surface area contributed by atoms with Crippen LogP contribution in [0.3, 0.4) is 0 Å². The topological polar surface area (TPSA) is 54.5 Å². The van der Waals surface area contributed by atoms with Gasteiger partial charge in [-0.25, -0.2) is 8.42 Å². The van der Waals surface area contributed by atoms with Gasteiger partial charge >= 0.3 is 0 Å². The van der Waals surface area contributed by atoms with E-state index >= 15 is 0 Å². The lowest BCUT2D eigenvalue weighted by atomic mass is 10.1. The van der Waals surface area contributed by atoms with Gasteiger partial charge in [0.1, 0.15) is 0 Å². The molecule has 118 valence electrons. The van der Waals surface area contributed by atoms with Crippen molar-refractivity contribution in [2.24, 2.45) is 0 Å². The normalized spacial score (nSPS) is 14.6. The predicted octanol–water partition coefficient (Wildman–Crippen LogP) is 2.82. The summed E-state index contributed by atoms with van der Waals surface area (Å²) in [7, 11) is -1.63. The summed E-state index contributed by atoms with van der Waals surface area (Å²) in [5, 5.41) is 0.203. The zero-order chi connectivity index (χ0) is 16.4. The number of sulfone groups is 1. The summed E-state index contributed by atoms with van der Waals surface area (Å²) in [5.41, 5.74) is 0.553. The third kappa shape index (κ3) is 4.59. The second-order valence-electron chi connectivity index (χ2n) is 5.16. The average molecular weight is 352 g/mol. The number of nitrogens with zero attached hydrogens (tertiary/aromatic N) is 1. The molecule has 0 fully saturated rings. The summed E-state index contributed by atoms with van der Waals surface area (Å²) in [4.78, 5) is 13.7. The molecule has 1 aromatic carbocycles. The van der Waals surface area contributed by atoms with Crippen molar-refractivity contribution in [2.45, 2.75) is 31.6 Å². The van der Waals surface area contributed by atoms with Gasteiger partial charge in [0.15, 0.2) is 9.84 Å². The third-order valence-corrected chi connectivity index (χ3v) is 6.20. The minimum Gasteiger partial charge on any atom is -0.341 e. The molecule has 0 spiro atoms. The number of halogens is 2. The standard InChI is InChI=1S/C14H19Cl2NO3S/c1-9(10(2)21(4,19)20)17(3)14(18)8-11-12(15)6-5-7-13(11)16/h5-7,9-10H,8H2,1-4H3. The Balaban J connectivity index is 2.89. The first-order valence-corrected chi connectivity index (χ1v) is 9.14. The second kappa shape index (κ2) is 6.99. The minimum absolute atomic E-state index is 0.0375. The average Bonchev–Trinajstić information content (AvgIpc) is 2.39. The minimum atomic E-state index is -3.22. The van der Waals surface area contributed by atoms with Gasteiger partial charge in [-0.1, -0.05) is 29.3 Å². The van der Waals surface area contributed by atoms with Gasteiger partial charge < -0.3 is 4.90 Å². The maximum atomic E-state index is 12.3. The lowest BCUT2D eigenvalue weighted by Gasteiger charge is -2.29. The number of hydrogen-bond acceptors (Lipinski definition) is 3. The van der Waals surface area contributed by atoms with E-state index in [0.717, 1.165) is 6.26 Å². The summed E-state index contributed by atoms with van der Waals surface area (Å²) in [6.45, 7) is 3.30. The van der Waals surface area contributed by atoms with Crippen molar-refractivity contribution in [3.63, 3.8) is 0 Å². The first kappa shape index (κ1) is 18.3. The molecule has 0 saturated heterocycles. The Hall–Kier alpha value is -0.780. The van der Waals surface area contributed by atoms with Crippen molar-refractivity contribution in [1.29, 1.82) is 0 Å². The first-order valence-electron chi connectivity index (χ1n) is 6.43. The third-order valence-electron chi connectivity index (χ3n) is 3.75. The SMILES string of the molecule is CC(C(C)S(C)(=O)=O)N(C)C(=O)Cc1c(Cl)cccc1Cl. The van der Waals surface area contributed by atoms with Gasteiger partial charge in [0.2, 0.25) is 5.91 Å². The second-order valence-corrected chi connectivity index (χ2v) is 8.37. The number of amides is 1. The van der Waals surface area contributed by atoms with E-state index in [1.807, 2.05) is 0 Å². The van der Waals surface area contributed by atoms with Crippen LogP contribution in [-0.4, -0.2) is 43.8 Å². The van der Waals surface area contributed by atoms with Gasteiger partial charge in [-0.3, -0.25) is 4.79 Å². The van der Waals surface area contributed by atoms with Crippen LogP contribution in [0, 0.1) is 0 Å². The molecule has 0 aliphatic rings. The van der Waals surface area contributed by atoms with Crippen molar-refractivity contribution >= 4 is 38.9 Å².